The van der Waals surface area contributed by atoms with E-state index in [-0.39, 0.29) is 12.3 Å². The van der Waals surface area contributed by atoms with Gasteiger partial charge in [0, 0.05) is 22.7 Å². The van der Waals surface area contributed by atoms with E-state index in [1.54, 1.807) is 39.1 Å². The molecule has 8 heteroatoms. The first-order valence-electron chi connectivity index (χ1n) is 9.80. The minimum absolute atomic E-state index is 0.0922. The van der Waals surface area contributed by atoms with Gasteiger partial charge in [-0.2, -0.15) is 0 Å². The zero-order chi connectivity index (χ0) is 23.7. The summed E-state index contributed by atoms with van der Waals surface area (Å²) >= 11 is 0. The van der Waals surface area contributed by atoms with E-state index in [0.29, 0.717) is 27.8 Å². The molecular weight excluding hydrogens is 421 g/mol. The van der Waals surface area contributed by atoms with Crippen LogP contribution in [0.1, 0.15) is 31.9 Å². The van der Waals surface area contributed by atoms with Crippen LogP contribution in [0.15, 0.2) is 55.2 Å². The summed E-state index contributed by atoms with van der Waals surface area (Å²) < 4.78 is 41.5. The first-order valence-corrected chi connectivity index (χ1v) is 9.80. The Morgan fingerprint density at radius 2 is 1.84 bits per heavy atom. The van der Waals surface area contributed by atoms with Gasteiger partial charge in [0.2, 0.25) is 0 Å². The molecule has 0 aliphatic carbocycles. The van der Waals surface area contributed by atoms with Crippen LogP contribution >= 0.6 is 0 Å². The molecule has 0 bridgehead atoms. The van der Waals surface area contributed by atoms with Gasteiger partial charge in [-0.05, 0) is 61.7 Å². The van der Waals surface area contributed by atoms with E-state index < -0.39 is 18.0 Å². The van der Waals surface area contributed by atoms with Crippen molar-refractivity contribution in [3.05, 3.63) is 66.4 Å². The molecule has 0 aliphatic heterocycles. The highest BCUT2D eigenvalue weighted by molar-refractivity contribution is 6.00. The maximum atomic E-state index is 12.5. The monoisotopic (exact) mass is 444 g/mol. The highest BCUT2D eigenvalue weighted by Crippen LogP contribution is 2.35. The number of nitrogens with zero attached hydrogens (tertiary/aromatic N) is 2. The van der Waals surface area contributed by atoms with Gasteiger partial charge in [-0.3, -0.25) is 9.88 Å². The minimum atomic E-state index is -4.77. The third-order valence-corrected chi connectivity index (χ3v) is 4.99. The number of fused-ring (bicyclic) bond motifs is 1. The Bertz CT molecular complexity index is 1150. The lowest BCUT2D eigenvalue weighted by Gasteiger charge is -2.34. The molecule has 0 spiro atoms. The van der Waals surface area contributed by atoms with Gasteiger partial charge in [0.1, 0.15) is 5.75 Å². The molecule has 0 fully saturated rings. The number of ether oxygens (including phenoxy) is 1. The van der Waals surface area contributed by atoms with Crippen molar-refractivity contribution in [1.29, 1.82) is 0 Å². The van der Waals surface area contributed by atoms with Crippen LogP contribution in [-0.2, 0) is 6.54 Å². The van der Waals surface area contributed by atoms with E-state index in [2.05, 4.69) is 16.3 Å². The van der Waals surface area contributed by atoms with Gasteiger partial charge < -0.3 is 9.84 Å². The Morgan fingerprint density at radius 1 is 1.19 bits per heavy atom. The van der Waals surface area contributed by atoms with Crippen LogP contribution in [0, 0.1) is 0 Å². The molecule has 1 heterocycles. The van der Waals surface area contributed by atoms with E-state index in [4.69, 9.17) is 0 Å². The second-order valence-electron chi connectivity index (χ2n) is 8.21. The largest absolute Gasteiger partial charge is 0.573 e. The second-order valence-corrected chi connectivity index (χ2v) is 8.21. The van der Waals surface area contributed by atoms with Gasteiger partial charge in [0.05, 0.1) is 12.1 Å². The molecule has 32 heavy (non-hydrogen) atoms. The summed E-state index contributed by atoms with van der Waals surface area (Å²) in [7, 11) is 0. The van der Waals surface area contributed by atoms with Gasteiger partial charge in [-0.15, -0.1) is 13.2 Å². The van der Waals surface area contributed by atoms with Gasteiger partial charge in [-0.1, -0.05) is 30.9 Å². The predicted octanol–water partition coefficient (Wildman–Crippen LogP) is 6.72. The maximum Gasteiger partial charge on any atom is 0.573 e. The van der Waals surface area contributed by atoms with Gasteiger partial charge in [0.15, 0.2) is 0 Å². The Labute approximate surface area is 183 Å². The summed E-state index contributed by atoms with van der Waals surface area (Å²) in [5.74, 6) is -0.323. The summed E-state index contributed by atoms with van der Waals surface area (Å²) in [5, 5.41) is 10.5. The number of amides is 1. The van der Waals surface area contributed by atoms with E-state index in [1.165, 1.54) is 29.2 Å². The molecule has 0 saturated heterocycles. The van der Waals surface area contributed by atoms with E-state index in [9.17, 15) is 23.1 Å². The molecule has 3 rings (SSSR count). The van der Waals surface area contributed by atoms with Crippen molar-refractivity contribution in [2.75, 3.05) is 0 Å². The zero-order valence-corrected chi connectivity index (χ0v) is 17.9. The Balaban J connectivity index is 2.17. The Kier molecular flexibility index (Phi) is 6.16. The van der Waals surface area contributed by atoms with E-state index >= 15 is 0 Å². The number of pyridine rings is 1. The number of carboxylic acid groups (broad SMARTS) is 1. The van der Waals surface area contributed by atoms with Crippen LogP contribution in [-0.4, -0.2) is 33.0 Å². The van der Waals surface area contributed by atoms with Gasteiger partial charge in [-0.25, -0.2) is 4.79 Å². The fourth-order valence-electron chi connectivity index (χ4n) is 3.51. The maximum absolute atomic E-state index is 12.5. The smallest absolute Gasteiger partial charge is 0.465 e. The fourth-order valence-corrected chi connectivity index (χ4v) is 3.51. The van der Waals surface area contributed by atoms with Crippen LogP contribution in [0.4, 0.5) is 18.0 Å². The van der Waals surface area contributed by atoms with Crippen molar-refractivity contribution < 1.29 is 27.8 Å². The number of benzene rings is 2. The predicted molar refractivity (Wildman–Crippen MR) is 117 cm³/mol. The highest BCUT2D eigenvalue weighted by Gasteiger charge is 2.31. The molecule has 168 valence electrons. The summed E-state index contributed by atoms with van der Waals surface area (Å²) in [6.45, 7) is 9.37. The number of hydrogen-bond acceptors (Lipinski definition) is 3. The van der Waals surface area contributed by atoms with Crippen molar-refractivity contribution in [3.63, 3.8) is 0 Å². The van der Waals surface area contributed by atoms with Crippen LogP contribution in [0.25, 0.3) is 28.1 Å². The van der Waals surface area contributed by atoms with Crippen molar-refractivity contribution in [2.45, 2.75) is 39.2 Å². The normalized spacial score (nSPS) is 11.9. The average molecular weight is 444 g/mol. The summed E-state index contributed by atoms with van der Waals surface area (Å²) in [4.78, 5) is 17.7. The van der Waals surface area contributed by atoms with Gasteiger partial charge >= 0.3 is 12.5 Å². The summed E-state index contributed by atoms with van der Waals surface area (Å²) in [6.07, 6.45) is -2.58. The minimum Gasteiger partial charge on any atom is -0.465 e. The number of rotatable bonds is 5. The first kappa shape index (κ1) is 23.1. The van der Waals surface area contributed by atoms with E-state index in [1.807, 2.05) is 12.1 Å². The standard InChI is InChI=1S/C24H23F3N2O3/c1-5-18-16(14-29(22(30)31)23(2,3)4)13-20(19-7-6-12-28-21(18)19)15-8-10-17(11-9-15)32-24(25,26)27/h5-13H,1,14H2,2-4H3,(H,30,31). The molecule has 2 aromatic carbocycles. The van der Waals surface area contributed by atoms with Crippen LogP contribution in [0.5, 0.6) is 5.75 Å². The molecule has 1 amide bonds. The van der Waals surface area contributed by atoms with E-state index in [0.717, 1.165) is 5.39 Å². The van der Waals surface area contributed by atoms with Crippen molar-refractivity contribution in [3.8, 4) is 16.9 Å². The summed E-state index contributed by atoms with van der Waals surface area (Å²) in [6, 6.07) is 11.0. The molecule has 0 radical (unpaired) electrons. The molecule has 3 aromatic rings. The molecule has 5 nitrogen and oxygen atoms in total. The number of aromatic nitrogens is 1. The van der Waals surface area contributed by atoms with Gasteiger partial charge in [0.25, 0.3) is 0 Å². The molecule has 0 atom stereocenters. The molecule has 1 N–H and O–H groups in total. The number of alkyl halides is 3. The molecule has 0 unspecified atom stereocenters. The molecule has 0 aliphatic rings. The van der Waals surface area contributed by atoms with Crippen molar-refractivity contribution in [2.24, 2.45) is 0 Å². The zero-order valence-electron chi connectivity index (χ0n) is 17.9. The highest BCUT2D eigenvalue weighted by atomic mass is 19.4. The number of carbonyl (C=O) groups is 1. The third-order valence-electron chi connectivity index (χ3n) is 4.99. The fraction of sp³-hybridized carbons (Fsp3) is 0.250. The van der Waals surface area contributed by atoms with Crippen molar-refractivity contribution >= 4 is 23.1 Å². The average Bonchev–Trinajstić information content (AvgIpc) is 2.69. The SMILES string of the molecule is C=Cc1c(CN(C(=O)O)C(C)(C)C)cc(-c2ccc(OC(F)(F)F)cc2)c2cccnc12. The Hall–Kier alpha value is -3.55. The van der Waals surface area contributed by atoms with Crippen LogP contribution < -0.4 is 4.74 Å². The van der Waals surface area contributed by atoms with Crippen LogP contribution in [0.3, 0.4) is 0 Å². The molecular formula is C24H23F3N2O3. The number of halogens is 3. The lowest BCUT2D eigenvalue weighted by atomic mass is 9.92. The number of hydrogen-bond donors (Lipinski definition) is 1. The quantitative estimate of drug-likeness (QED) is 0.474. The second kappa shape index (κ2) is 8.53. The molecule has 1 aromatic heterocycles. The lowest BCUT2D eigenvalue weighted by molar-refractivity contribution is -0.274. The topological polar surface area (TPSA) is 62.7 Å². The third kappa shape index (κ3) is 5.01. The summed E-state index contributed by atoms with van der Waals surface area (Å²) in [5.41, 5.74) is 2.73. The Morgan fingerprint density at radius 3 is 2.38 bits per heavy atom. The van der Waals surface area contributed by atoms with Crippen LogP contribution in [0.2, 0.25) is 0 Å². The lowest BCUT2D eigenvalue weighted by Crippen LogP contribution is -2.44. The first-order chi connectivity index (χ1) is 14.9. The van der Waals surface area contributed by atoms with Crippen molar-refractivity contribution in [1.82, 2.24) is 9.88 Å². The molecule has 0 saturated carbocycles.